The fraction of sp³-hybridized carbons (Fsp3) is 0.0500. The van der Waals surface area contributed by atoms with Crippen molar-refractivity contribution in [3.05, 3.63) is 71.1 Å². The molecular formula is C20H13IN2S. The number of nitrogens with zero attached hydrogens (tertiary/aromatic N) is 1. The maximum absolute atomic E-state index is 4.70. The van der Waals surface area contributed by atoms with Gasteiger partial charge < -0.3 is 3.53 Å². The largest absolute Gasteiger partial charge is 0.304 e. The average Bonchev–Trinajstić information content (AvgIpc) is 3.18. The lowest BCUT2D eigenvalue weighted by Crippen LogP contribution is -1.86. The van der Waals surface area contributed by atoms with E-state index in [9.17, 15) is 0 Å². The molecule has 1 aliphatic rings. The number of thiazole rings is 1. The highest BCUT2D eigenvalue weighted by molar-refractivity contribution is 14.1. The molecule has 0 saturated carbocycles. The minimum atomic E-state index is 0.985. The molecule has 0 aliphatic heterocycles. The molecule has 0 fully saturated rings. The highest BCUT2D eigenvalue weighted by Crippen LogP contribution is 2.43. The van der Waals surface area contributed by atoms with Crippen LogP contribution in [0.2, 0.25) is 0 Å². The lowest BCUT2D eigenvalue weighted by molar-refractivity contribution is 1.31. The molecule has 1 aliphatic carbocycles. The molecule has 0 saturated heterocycles. The molecule has 0 unspecified atom stereocenters. The first-order valence-electron chi connectivity index (χ1n) is 7.81. The van der Waals surface area contributed by atoms with E-state index in [1.165, 1.54) is 37.9 Å². The molecule has 24 heavy (non-hydrogen) atoms. The standard InChI is InChI=1S/C20H13IN2S/c21-23-20-22-19-17-9-8-13(10-14(17)11-18(19)24-20)16-7-3-5-12-4-1-2-6-15(12)16/h1-10H,11H2,(H,22,23). The zero-order valence-corrected chi connectivity index (χ0v) is 15.7. The third kappa shape index (κ3) is 2.17. The Hall–Kier alpha value is -1.92. The van der Waals surface area contributed by atoms with E-state index in [-0.39, 0.29) is 0 Å². The van der Waals surface area contributed by atoms with Crippen LogP contribution in [-0.2, 0) is 6.42 Å². The Bertz CT molecular complexity index is 1080. The van der Waals surface area contributed by atoms with Crippen molar-refractivity contribution in [2.24, 2.45) is 0 Å². The van der Waals surface area contributed by atoms with Gasteiger partial charge in [-0.3, -0.25) is 0 Å². The van der Waals surface area contributed by atoms with Gasteiger partial charge in [0.05, 0.1) is 28.6 Å². The maximum atomic E-state index is 4.70. The van der Waals surface area contributed by atoms with E-state index in [0.717, 1.165) is 17.2 Å². The van der Waals surface area contributed by atoms with Gasteiger partial charge in [-0.2, -0.15) is 0 Å². The van der Waals surface area contributed by atoms with Crippen LogP contribution in [0.15, 0.2) is 60.7 Å². The summed E-state index contributed by atoms with van der Waals surface area (Å²) < 4.78 is 3.12. The van der Waals surface area contributed by atoms with Crippen molar-refractivity contribution in [2.45, 2.75) is 6.42 Å². The molecule has 0 bridgehead atoms. The van der Waals surface area contributed by atoms with E-state index in [4.69, 9.17) is 4.98 Å². The molecule has 0 amide bonds. The van der Waals surface area contributed by atoms with E-state index >= 15 is 0 Å². The Labute approximate surface area is 158 Å². The van der Waals surface area contributed by atoms with Gasteiger partial charge in [-0.15, -0.1) is 11.3 Å². The monoisotopic (exact) mass is 440 g/mol. The van der Waals surface area contributed by atoms with E-state index in [0.29, 0.717) is 0 Å². The van der Waals surface area contributed by atoms with Crippen molar-refractivity contribution >= 4 is 50.1 Å². The van der Waals surface area contributed by atoms with Crippen LogP contribution >= 0.6 is 34.2 Å². The first-order chi connectivity index (χ1) is 11.8. The minimum Gasteiger partial charge on any atom is -0.304 e. The summed E-state index contributed by atoms with van der Waals surface area (Å²) in [6.07, 6.45) is 0.985. The Morgan fingerprint density at radius 2 is 1.83 bits per heavy atom. The van der Waals surface area contributed by atoms with Gasteiger partial charge in [-0.1, -0.05) is 60.7 Å². The first kappa shape index (κ1) is 14.4. The van der Waals surface area contributed by atoms with Crippen LogP contribution in [-0.4, -0.2) is 4.98 Å². The van der Waals surface area contributed by atoms with Gasteiger partial charge in [0, 0.05) is 16.9 Å². The number of fused-ring (bicyclic) bond motifs is 4. The van der Waals surface area contributed by atoms with Crippen molar-refractivity contribution < 1.29 is 0 Å². The number of benzene rings is 3. The van der Waals surface area contributed by atoms with Crippen molar-refractivity contribution in [2.75, 3.05) is 3.53 Å². The number of aromatic nitrogens is 1. The average molecular weight is 440 g/mol. The molecule has 0 spiro atoms. The number of nitrogens with one attached hydrogen (secondary N) is 1. The Morgan fingerprint density at radius 3 is 2.75 bits per heavy atom. The topological polar surface area (TPSA) is 24.9 Å². The molecule has 5 rings (SSSR count). The summed E-state index contributed by atoms with van der Waals surface area (Å²) in [6.45, 7) is 0. The van der Waals surface area contributed by atoms with E-state index in [1.54, 1.807) is 11.3 Å². The summed E-state index contributed by atoms with van der Waals surface area (Å²) in [6, 6.07) is 21.9. The molecule has 0 atom stereocenters. The lowest BCUT2D eigenvalue weighted by Gasteiger charge is -2.09. The summed E-state index contributed by atoms with van der Waals surface area (Å²) in [5.74, 6) is 0. The van der Waals surface area contributed by atoms with Gasteiger partial charge in [0.1, 0.15) is 0 Å². The third-order valence-electron chi connectivity index (χ3n) is 4.59. The molecule has 1 aromatic heterocycles. The number of rotatable bonds is 2. The highest BCUT2D eigenvalue weighted by atomic mass is 127. The van der Waals surface area contributed by atoms with Crippen LogP contribution in [0, 0.1) is 0 Å². The molecule has 4 heteroatoms. The van der Waals surface area contributed by atoms with Crippen molar-refractivity contribution in [1.29, 1.82) is 0 Å². The molecule has 2 nitrogen and oxygen atoms in total. The Kier molecular flexibility index (Phi) is 3.35. The molecular weight excluding hydrogens is 427 g/mol. The van der Waals surface area contributed by atoms with Crippen LogP contribution in [0.1, 0.15) is 10.4 Å². The van der Waals surface area contributed by atoms with Crippen molar-refractivity contribution in [3.8, 4) is 22.4 Å². The van der Waals surface area contributed by atoms with Gasteiger partial charge in [0.25, 0.3) is 0 Å². The zero-order valence-electron chi connectivity index (χ0n) is 12.7. The van der Waals surface area contributed by atoms with Crippen LogP contribution in [0.3, 0.4) is 0 Å². The molecule has 1 heterocycles. The van der Waals surface area contributed by atoms with Crippen LogP contribution in [0.5, 0.6) is 0 Å². The summed E-state index contributed by atoms with van der Waals surface area (Å²) in [4.78, 5) is 6.06. The van der Waals surface area contributed by atoms with E-state index < -0.39 is 0 Å². The molecule has 4 aromatic rings. The lowest BCUT2D eigenvalue weighted by atomic mass is 9.95. The SMILES string of the molecule is INc1nc2c(s1)Cc1cc(-c3cccc4ccccc34)ccc1-2. The summed E-state index contributed by atoms with van der Waals surface area (Å²) >= 11 is 3.90. The quantitative estimate of drug-likeness (QED) is 0.258. The van der Waals surface area contributed by atoms with Gasteiger partial charge in [-0.05, 0) is 27.5 Å². The smallest absolute Gasteiger partial charge is 0.192 e. The molecule has 0 radical (unpaired) electrons. The van der Waals surface area contributed by atoms with Crippen molar-refractivity contribution in [1.82, 2.24) is 4.98 Å². The minimum absolute atomic E-state index is 0.985. The zero-order chi connectivity index (χ0) is 16.1. The predicted molar refractivity (Wildman–Crippen MR) is 111 cm³/mol. The van der Waals surface area contributed by atoms with E-state index in [1.807, 2.05) is 0 Å². The van der Waals surface area contributed by atoms with Gasteiger partial charge in [0.15, 0.2) is 5.13 Å². The fourth-order valence-electron chi connectivity index (χ4n) is 3.51. The second-order valence-corrected chi connectivity index (χ2v) is 7.58. The van der Waals surface area contributed by atoms with Gasteiger partial charge >= 0.3 is 0 Å². The first-order valence-corrected chi connectivity index (χ1v) is 9.71. The molecule has 3 aromatic carbocycles. The Balaban J connectivity index is 1.65. The van der Waals surface area contributed by atoms with Crippen molar-refractivity contribution in [3.63, 3.8) is 0 Å². The van der Waals surface area contributed by atoms with Gasteiger partial charge in [-0.25, -0.2) is 4.98 Å². The number of hydrogen-bond acceptors (Lipinski definition) is 3. The number of halogens is 1. The highest BCUT2D eigenvalue weighted by Gasteiger charge is 2.23. The number of hydrogen-bond donors (Lipinski definition) is 1. The maximum Gasteiger partial charge on any atom is 0.192 e. The van der Waals surface area contributed by atoms with Crippen LogP contribution in [0.4, 0.5) is 5.13 Å². The fourth-order valence-corrected chi connectivity index (χ4v) is 4.85. The molecule has 116 valence electrons. The second kappa shape index (κ2) is 5.57. The third-order valence-corrected chi connectivity index (χ3v) is 6.44. The summed E-state index contributed by atoms with van der Waals surface area (Å²) in [7, 11) is 0. The van der Waals surface area contributed by atoms with Gasteiger partial charge in [0.2, 0.25) is 0 Å². The predicted octanol–water partition coefficient (Wildman–Crippen LogP) is 6.30. The normalized spacial score (nSPS) is 12.2. The second-order valence-electron chi connectivity index (χ2n) is 5.96. The molecule has 1 N–H and O–H groups in total. The van der Waals surface area contributed by atoms with E-state index in [2.05, 4.69) is 87.1 Å². The Morgan fingerprint density at radius 1 is 0.958 bits per heavy atom. The summed E-state index contributed by atoms with van der Waals surface area (Å²) in [5.41, 5.74) is 6.40. The number of anilines is 1. The van der Waals surface area contributed by atoms with Crippen LogP contribution in [0.25, 0.3) is 33.2 Å². The summed E-state index contributed by atoms with van der Waals surface area (Å²) in [5, 5.41) is 3.58. The van der Waals surface area contributed by atoms with Crippen LogP contribution < -0.4 is 3.53 Å².